The van der Waals surface area contributed by atoms with E-state index >= 15 is 0 Å². The fourth-order valence-electron chi connectivity index (χ4n) is 8.61. The molecule has 38 heavy (non-hydrogen) atoms. The molecule has 0 atom stereocenters. The fraction of sp³-hybridized carbons (Fsp3) is 0.515. The van der Waals surface area contributed by atoms with Crippen LogP contribution in [-0.2, 0) is 9.59 Å². The van der Waals surface area contributed by atoms with E-state index in [9.17, 15) is 9.59 Å². The van der Waals surface area contributed by atoms with Gasteiger partial charge < -0.3 is 15.6 Å². The summed E-state index contributed by atoms with van der Waals surface area (Å²) in [5, 5.41) is 7.56. The van der Waals surface area contributed by atoms with Crippen LogP contribution in [0.5, 0.6) is 0 Å². The molecule has 3 aromatic rings. The van der Waals surface area contributed by atoms with Crippen LogP contribution >= 0.6 is 0 Å². The molecular weight excluding hydrogens is 470 g/mol. The van der Waals surface area contributed by atoms with Gasteiger partial charge in [-0.1, -0.05) is 37.8 Å². The van der Waals surface area contributed by atoms with Gasteiger partial charge in [0.15, 0.2) is 0 Å². The molecule has 5 fully saturated rings. The molecule has 0 unspecified atom stereocenters. The molecule has 3 N–H and O–H groups in total. The molecule has 4 bridgehead atoms. The van der Waals surface area contributed by atoms with Gasteiger partial charge in [0.2, 0.25) is 11.8 Å². The largest absolute Gasteiger partial charge is 0.361 e. The molecule has 0 radical (unpaired) electrons. The van der Waals surface area contributed by atoms with E-state index in [1.807, 2.05) is 30.5 Å². The van der Waals surface area contributed by atoms with Crippen LogP contribution in [0.2, 0.25) is 0 Å². The normalized spacial score (nSPS) is 28.8. The van der Waals surface area contributed by atoms with Crippen molar-refractivity contribution >= 4 is 34.1 Å². The molecule has 198 valence electrons. The van der Waals surface area contributed by atoms with E-state index in [2.05, 4.69) is 33.8 Å². The highest BCUT2D eigenvalue weighted by atomic mass is 16.2. The lowest BCUT2D eigenvalue weighted by Crippen LogP contribution is -2.51. The minimum absolute atomic E-state index is 0.125. The first kappa shape index (κ1) is 24.0. The predicted octanol–water partition coefficient (Wildman–Crippen LogP) is 7.90. The van der Waals surface area contributed by atoms with E-state index in [0.717, 1.165) is 96.1 Å². The molecule has 1 heterocycles. The Morgan fingerprint density at radius 2 is 1.39 bits per heavy atom. The minimum Gasteiger partial charge on any atom is -0.361 e. The lowest BCUT2D eigenvalue weighted by molar-refractivity contribution is -0.140. The molecule has 5 heteroatoms. The van der Waals surface area contributed by atoms with Gasteiger partial charge >= 0.3 is 0 Å². The molecule has 5 saturated carbocycles. The van der Waals surface area contributed by atoms with Crippen LogP contribution in [0.4, 0.5) is 11.4 Å². The maximum atomic E-state index is 13.5. The van der Waals surface area contributed by atoms with Crippen LogP contribution in [0.25, 0.3) is 22.0 Å². The molecule has 0 spiro atoms. The van der Waals surface area contributed by atoms with Gasteiger partial charge in [0.05, 0.1) is 5.41 Å². The second-order valence-electron chi connectivity index (χ2n) is 12.9. The van der Waals surface area contributed by atoms with Crippen LogP contribution in [0.1, 0.15) is 77.0 Å². The Balaban J connectivity index is 1.06. The number of fused-ring (bicyclic) bond motifs is 1. The molecular formula is C33H39N3O2. The maximum Gasteiger partial charge on any atom is 0.230 e. The number of aromatic nitrogens is 1. The Kier molecular flexibility index (Phi) is 6.05. The molecule has 1 aromatic heterocycles. The molecule has 0 saturated heterocycles. The average Bonchev–Trinajstić information content (AvgIpc) is 3.12. The number of H-pyrrole nitrogens is 1. The zero-order valence-corrected chi connectivity index (χ0v) is 22.2. The van der Waals surface area contributed by atoms with Crippen molar-refractivity contribution < 1.29 is 9.59 Å². The molecule has 5 aliphatic carbocycles. The predicted molar refractivity (Wildman–Crippen MR) is 153 cm³/mol. The SMILES string of the molecule is O=C(Nc1ccc2[nH]cc(-c3ccc(NC(=O)C45CC6CC(CC(C6)C4)C5)cc3)c2c1)C1CCCCCC1. The Bertz CT molecular complexity index is 1310. The lowest BCUT2D eigenvalue weighted by atomic mass is 9.49. The Hall–Kier alpha value is -3.08. The quantitative estimate of drug-likeness (QED) is 0.306. The van der Waals surface area contributed by atoms with Crippen molar-refractivity contribution in [2.75, 3.05) is 10.6 Å². The lowest BCUT2D eigenvalue weighted by Gasteiger charge is -2.55. The van der Waals surface area contributed by atoms with E-state index in [-0.39, 0.29) is 23.1 Å². The summed E-state index contributed by atoms with van der Waals surface area (Å²) < 4.78 is 0. The highest BCUT2D eigenvalue weighted by molar-refractivity contribution is 6.01. The number of hydrogen-bond donors (Lipinski definition) is 3. The molecule has 2 amide bonds. The van der Waals surface area contributed by atoms with Crippen molar-refractivity contribution in [3.63, 3.8) is 0 Å². The Labute approximate surface area is 225 Å². The monoisotopic (exact) mass is 509 g/mol. The van der Waals surface area contributed by atoms with Crippen molar-refractivity contribution in [2.45, 2.75) is 77.0 Å². The summed E-state index contributed by atoms with van der Waals surface area (Å²) in [6.07, 6.45) is 16.1. The first-order valence-electron chi connectivity index (χ1n) is 14.9. The minimum atomic E-state index is -0.137. The zero-order valence-electron chi connectivity index (χ0n) is 22.2. The first-order valence-corrected chi connectivity index (χ1v) is 14.9. The van der Waals surface area contributed by atoms with Crippen LogP contribution in [0, 0.1) is 29.1 Å². The number of carbonyl (C=O) groups is 2. The van der Waals surface area contributed by atoms with Crippen molar-refractivity contribution in [3.05, 3.63) is 48.7 Å². The van der Waals surface area contributed by atoms with Gasteiger partial charge in [-0.25, -0.2) is 0 Å². The average molecular weight is 510 g/mol. The molecule has 2 aromatic carbocycles. The van der Waals surface area contributed by atoms with Crippen molar-refractivity contribution in [1.29, 1.82) is 0 Å². The van der Waals surface area contributed by atoms with Gasteiger partial charge in [0.1, 0.15) is 0 Å². The molecule has 8 rings (SSSR count). The third-order valence-corrected chi connectivity index (χ3v) is 10.1. The number of hydrogen-bond acceptors (Lipinski definition) is 2. The summed E-state index contributed by atoms with van der Waals surface area (Å²) in [6, 6.07) is 14.4. The van der Waals surface area contributed by atoms with Gasteiger partial charge in [0.25, 0.3) is 0 Å². The third kappa shape index (κ3) is 4.44. The number of anilines is 2. The second-order valence-corrected chi connectivity index (χ2v) is 12.9. The summed E-state index contributed by atoms with van der Waals surface area (Å²) in [6.45, 7) is 0. The van der Waals surface area contributed by atoms with Crippen molar-refractivity contribution in [1.82, 2.24) is 4.98 Å². The maximum absolute atomic E-state index is 13.5. The van der Waals surface area contributed by atoms with Gasteiger partial charge in [0, 0.05) is 40.0 Å². The number of carbonyl (C=O) groups excluding carboxylic acids is 2. The van der Waals surface area contributed by atoms with Crippen LogP contribution in [0.15, 0.2) is 48.7 Å². The number of rotatable bonds is 5. The van der Waals surface area contributed by atoms with E-state index in [0.29, 0.717) is 0 Å². The van der Waals surface area contributed by atoms with Crippen LogP contribution in [-0.4, -0.2) is 16.8 Å². The van der Waals surface area contributed by atoms with Gasteiger partial charge in [-0.3, -0.25) is 9.59 Å². The topological polar surface area (TPSA) is 74.0 Å². The van der Waals surface area contributed by atoms with Gasteiger partial charge in [-0.2, -0.15) is 0 Å². The van der Waals surface area contributed by atoms with Crippen molar-refractivity contribution in [2.24, 2.45) is 29.1 Å². The fourth-order valence-corrected chi connectivity index (χ4v) is 8.61. The van der Waals surface area contributed by atoms with Crippen LogP contribution < -0.4 is 10.6 Å². The number of benzene rings is 2. The highest BCUT2D eigenvalue weighted by Gasteiger charge is 2.54. The van der Waals surface area contributed by atoms with Crippen LogP contribution in [0.3, 0.4) is 0 Å². The molecule has 5 aliphatic rings. The molecule has 5 nitrogen and oxygen atoms in total. The summed E-state index contributed by atoms with van der Waals surface area (Å²) in [4.78, 5) is 29.8. The van der Waals surface area contributed by atoms with Crippen molar-refractivity contribution in [3.8, 4) is 11.1 Å². The summed E-state index contributed by atoms with van der Waals surface area (Å²) in [5.74, 6) is 2.81. The highest BCUT2D eigenvalue weighted by Crippen LogP contribution is 2.60. The van der Waals surface area contributed by atoms with Gasteiger partial charge in [-0.15, -0.1) is 0 Å². The number of nitrogens with one attached hydrogen (secondary N) is 3. The summed E-state index contributed by atoms with van der Waals surface area (Å²) in [7, 11) is 0. The standard InChI is InChI=1S/C33H39N3O2/c37-31(25-5-3-1-2-4-6-25)35-27-11-12-30-28(16-27)29(20-34-30)24-7-9-26(10-8-24)36-32(38)33-17-21-13-22(18-33)15-23(14-21)19-33/h7-12,16,20-23,25,34H,1-6,13-15,17-19H2,(H,35,37)(H,36,38). The van der Waals surface area contributed by atoms with E-state index in [4.69, 9.17) is 0 Å². The Morgan fingerprint density at radius 1 is 0.763 bits per heavy atom. The third-order valence-electron chi connectivity index (χ3n) is 10.1. The summed E-state index contributed by atoms with van der Waals surface area (Å²) in [5.41, 5.74) is 4.84. The number of amides is 2. The van der Waals surface area contributed by atoms with Gasteiger partial charge in [-0.05, 0) is 105 Å². The summed E-state index contributed by atoms with van der Waals surface area (Å²) >= 11 is 0. The Morgan fingerprint density at radius 3 is 2.05 bits per heavy atom. The first-order chi connectivity index (χ1) is 18.5. The zero-order chi connectivity index (χ0) is 25.7. The van der Waals surface area contributed by atoms with E-state index in [1.165, 1.54) is 32.1 Å². The van der Waals surface area contributed by atoms with E-state index < -0.39 is 0 Å². The smallest absolute Gasteiger partial charge is 0.230 e. The molecule has 0 aliphatic heterocycles. The second kappa shape index (κ2) is 9.59. The van der Waals surface area contributed by atoms with E-state index in [1.54, 1.807) is 0 Å². The number of aromatic amines is 1.